The van der Waals surface area contributed by atoms with E-state index in [2.05, 4.69) is 16.4 Å². The van der Waals surface area contributed by atoms with Gasteiger partial charge >= 0.3 is 0 Å². The molecule has 0 bridgehead atoms. The molecule has 1 rings (SSSR count). The van der Waals surface area contributed by atoms with Crippen LogP contribution in [0.2, 0.25) is 0 Å². The van der Waals surface area contributed by atoms with Crippen LogP contribution in [0.1, 0.15) is 24.7 Å². The van der Waals surface area contributed by atoms with Gasteiger partial charge in [-0.1, -0.05) is 6.92 Å². The zero-order valence-electron chi connectivity index (χ0n) is 11.8. The Morgan fingerprint density at radius 1 is 1.47 bits per heavy atom. The van der Waals surface area contributed by atoms with Gasteiger partial charge in [-0.15, -0.1) is 0 Å². The van der Waals surface area contributed by atoms with E-state index >= 15 is 0 Å². The Hall–Kier alpha value is -1.64. The van der Waals surface area contributed by atoms with Gasteiger partial charge < -0.3 is 14.8 Å². The van der Waals surface area contributed by atoms with Crippen LogP contribution in [0.15, 0.2) is 12.1 Å². The van der Waals surface area contributed by atoms with Crippen LogP contribution in [0.4, 0.5) is 0 Å². The Balaban J connectivity index is 2.71. The van der Waals surface area contributed by atoms with Crippen molar-refractivity contribution in [2.24, 2.45) is 0 Å². The van der Waals surface area contributed by atoms with E-state index in [-0.39, 0.29) is 0 Å². The highest BCUT2D eigenvalue weighted by Gasteiger charge is 2.11. The molecule has 0 saturated carbocycles. The topological polar surface area (TPSA) is 67.2 Å². The van der Waals surface area contributed by atoms with Gasteiger partial charge in [0, 0.05) is 25.9 Å². The lowest BCUT2D eigenvalue weighted by Crippen LogP contribution is -2.21. The third kappa shape index (κ3) is 5.25. The third-order valence-electron chi connectivity index (χ3n) is 2.63. The lowest BCUT2D eigenvalue weighted by atomic mass is 10.2. The van der Waals surface area contributed by atoms with Crippen molar-refractivity contribution >= 4 is 0 Å². The molecule has 1 N–H and O–H groups in total. The van der Waals surface area contributed by atoms with E-state index in [0.29, 0.717) is 25.3 Å². The fourth-order valence-corrected chi connectivity index (χ4v) is 1.57. The molecule has 1 unspecified atom stereocenters. The van der Waals surface area contributed by atoms with Gasteiger partial charge in [0.05, 0.1) is 12.3 Å². The molecule has 0 fully saturated rings. The van der Waals surface area contributed by atoms with E-state index in [1.807, 2.05) is 26.0 Å². The number of pyridine rings is 1. The van der Waals surface area contributed by atoms with Crippen molar-refractivity contribution in [3.05, 3.63) is 23.5 Å². The van der Waals surface area contributed by atoms with Crippen molar-refractivity contribution in [1.29, 1.82) is 5.26 Å². The molecule has 0 saturated heterocycles. The fourth-order valence-electron chi connectivity index (χ4n) is 1.57. The molecule has 0 amide bonds. The number of hydrogen-bond donors (Lipinski definition) is 1. The first-order valence-corrected chi connectivity index (χ1v) is 6.43. The number of aromatic nitrogens is 1. The van der Waals surface area contributed by atoms with Crippen LogP contribution in [0.25, 0.3) is 0 Å². The van der Waals surface area contributed by atoms with Gasteiger partial charge in [0.15, 0.2) is 6.10 Å². The predicted octanol–water partition coefficient (Wildman–Crippen LogP) is 1.81. The fraction of sp³-hybridized carbons (Fsp3) is 0.571. The molecule has 1 aromatic rings. The van der Waals surface area contributed by atoms with Crippen molar-refractivity contribution in [2.45, 2.75) is 32.9 Å². The standard InChI is InChI=1S/C14H21N3O2/c1-4-12(9-15)19-14-6-5-11(2)17-13(14)10-16-7-8-18-3/h5-6,12,16H,4,7-8,10H2,1-3H3. The number of nitrogens with zero attached hydrogens (tertiary/aromatic N) is 2. The molecular weight excluding hydrogens is 242 g/mol. The first kappa shape index (κ1) is 15.4. The molecule has 1 aromatic heterocycles. The van der Waals surface area contributed by atoms with Crippen molar-refractivity contribution in [2.75, 3.05) is 20.3 Å². The number of methoxy groups -OCH3 is 1. The Bertz CT molecular complexity index is 429. The molecule has 0 aliphatic carbocycles. The molecular formula is C14H21N3O2. The summed E-state index contributed by atoms with van der Waals surface area (Å²) >= 11 is 0. The zero-order valence-corrected chi connectivity index (χ0v) is 11.8. The number of rotatable bonds is 8. The molecule has 0 spiro atoms. The quantitative estimate of drug-likeness (QED) is 0.724. The zero-order chi connectivity index (χ0) is 14.1. The molecule has 0 aliphatic rings. The van der Waals surface area contributed by atoms with Gasteiger partial charge in [-0.05, 0) is 25.5 Å². The van der Waals surface area contributed by atoms with Gasteiger partial charge in [0.1, 0.15) is 11.8 Å². The minimum atomic E-state index is -0.428. The Morgan fingerprint density at radius 3 is 2.89 bits per heavy atom. The van der Waals surface area contributed by atoms with Crippen LogP contribution in [0.3, 0.4) is 0 Å². The summed E-state index contributed by atoms with van der Waals surface area (Å²) in [5.41, 5.74) is 1.76. The van der Waals surface area contributed by atoms with Crippen molar-refractivity contribution in [3.63, 3.8) is 0 Å². The number of hydrogen-bond acceptors (Lipinski definition) is 5. The number of nitriles is 1. The molecule has 0 aromatic carbocycles. The van der Waals surface area contributed by atoms with Gasteiger partial charge in [-0.3, -0.25) is 4.98 Å². The molecule has 5 heteroatoms. The normalized spacial score (nSPS) is 11.9. The van der Waals surface area contributed by atoms with E-state index < -0.39 is 6.10 Å². The van der Waals surface area contributed by atoms with Crippen molar-refractivity contribution < 1.29 is 9.47 Å². The maximum Gasteiger partial charge on any atom is 0.184 e. The van der Waals surface area contributed by atoms with Crippen LogP contribution in [0, 0.1) is 18.3 Å². The summed E-state index contributed by atoms with van der Waals surface area (Å²) in [7, 11) is 1.67. The predicted molar refractivity (Wildman–Crippen MR) is 72.9 cm³/mol. The van der Waals surface area contributed by atoms with Gasteiger partial charge in [-0.25, -0.2) is 0 Å². The molecule has 5 nitrogen and oxygen atoms in total. The molecule has 0 radical (unpaired) electrons. The van der Waals surface area contributed by atoms with Gasteiger partial charge in [0.25, 0.3) is 0 Å². The van der Waals surface area contributed by atoms with E-state index in [4.69, 9.17) is 14.7 Å². The molecule has 1 heterocycles. The van der Waals surface area contributed by atoms with Gasteiger partial charge in [-0.2, -0.15) is 5.26 Å². The highest BCUT2D eigenvalue weighted by molar-refractivity contribution is 5.30. The summed E-state index contributed by atoms with van der Waals surface area (Å²) in [6, 6.07) is 5.89. The minimum absolute atomic E-state index is 0.428. The van der Waals surface area contributed by atoms with Crippen LogP contribution in [-0.4, -0.2) is 31.3 Å². The van der Waals surface area contributed by atoms with Crippen LogP contribution in [0.5, 0.6) is 5.75 Å². The summed E-state index contributed by atoms with van der Waals surface area (Å²) in [5, 5.41) is 12.2. The van der Waals surface area contributed by atoms with Gasteiger partial charge in [0.2, 0.25) is 0 Å². The lowest BCUT2D eigenvalue weighted by molar-refractivity contribution is 0.198. The monoisotopic (exact) mass is 263 g/mol. The number of aryl methyl sites for hydroxylation is 1. The number of nitrogens with one attached hydrogen (secondary N) is 1. The summed E-state index contributed by atoms with van der Waals surface area (Å²) in [5.74, 6) is 0.670. The summed E-state index contributed by atoms with van der Waals surface area (Å²) in [6.07, 6.45) is 0.225. The maximum absolute atomic E-state index is 8.95. The second-order valence-electron chi connectivity index (χ2n) is 4.21. The first-order chi connectivity index (χ1) is 9.21. The highest BCUT2D eigenvalue weighted by Crippen LogP contribution is 2.19. The summed E-state index contributed by atoms with van der Waals surface area (Å²) in [6.45, 7) is 5.86. The molecule has 0 aliphatic heterocycles. The van der Waals surface area contributed by atoms with E-state index in [1.54, 1.807) is 7.11 Å². The first-order valence-electron chi connectivity index (χ1n) is 6.43. The van der Waals surface area contributed by atoms with E-state index in [9.17, 15) is 0 Å². The summed E-state index contributed by atoms with van der Waals surface area (Å²) in [4.78, 5) is 4.45. The Kier molecular flexibility index (Phi) is 6.86. The number of ether oxygens (including phenoxy) is 2. The summed E-state index contributed by atoms with van der Waals surface area (Å²) < 4.78 is 10.6. The van der Waals surface area contributed by atoms with E-state index in [0.717, 1.165) is 17.9 Å². The van der Waals surface area contributed by atoms with Crippen molar-refractivity contribution in [3.8, 4) is 11.8 Å². The smallest absolute Gasteiger partial charge is 0.184 e. The average molecular weight is 263 g/mol. The van der Waals surface area contributed by atoms with Crippen LogP contribution < -0.4 is 10.1 Å². The second kappa shape index (κ2) is 8.46. The van der Waals surface area contributed by atoms with Crippen LogP contribution >= 0.6 is 0 Å². The van der Waals surface area contributed by atoms with Crippen molar-refractivity contribution in [1.82, 2.24) is 10.3 Å². The maximum atomic E-state index is 8.95. The minimum Gasteiger partial charge on any atom is -0.474 e. The largest absolute Gasteiger partial charge is 0.474 e. The molecule has 1 atom stereocenters. The third-order valence-corrected chi connectivity index (χ3v) is 2.63. The van der Waals surface area contributed by atoms with Crippen LogP contribution in [-0.2, 0) is 11.3 Å². The SMILES string of the molecule is CCC(C#N)Oc1ccc(C)nc1CNCCOC. The molecule has 19 heavy (non-hydrogen) atoms. The lowest BCUT2D eigenvalue weighted by Gasteiger charge is -2.14. The second-order valence-corrected chi connectivity index (χ2v) is 4.21. The van der Waals surface area contributed by atoms with E-state index in [1.165, 1.54) is 0 Å². The highest BCUT2D eigenvalue weighted by atomic mass is 16.5. The Morgan fingerprint density at radius 2 is 2.26 bits per heavy atom. The Labute approximate surface area is 114 Å². The molecule has 104 valence electrons. The average Bonchev–Trinajstić information content (AvgIpc) is 2.43.